The number of aromatic amines is 1. The van der Waals surface area contributed by atoms with Crippen LogP contribution in [0, 0.1) is 0 Å². The van der Waals surface area contributed by atoms with E-state index >= 15 is 0 Å². The summed E-state index contributed by atoms with van der Waals surface area (Å²) in [4.78, 5) is 12.2. The Morgan fingerprint density at radius 3 is 3.15 bits per heavy atom. The van der Waals surface area contributed by atoms with E-state index in [1.54, 1.807) is 6.20 Å². The van der Waals surface area contributed by atoms with Gasteiger partial charge in [-0.15, -0.1) is 12.4 Å². The molecule has 0 bridgehead atoms. The summed E-state index contributed by atoms with van der Waals surface area (Å²) in [5.41, 5.74) is 1.71. The van der Waals surface area contributed by atoms with Gasteiger partial charge in [-0.05, 0) is 25.1 Å². The Morgan fingerprint density at radius 2 is 2.35 bits per heavy atom. The molecule has 2 heterocycles. The van der Waals surface area contributed by atoms with Gasteiger partial charge in [-0.2, -0.15) is 5.10 Å². The van der Waals surface area contributed by atoms with E-state index in [0.29, 0.717) is 13.2 Å². The fourth-order valence-electron chi connectivity index (χ4n) is 2.27. The average molecular weight is 297 g/mol. The van der Waals surface area contributed by atoms with E-state index < -0.39 is 0 Å². The third-order valence-electron chi connectivity index (χ3n) is 3.31. The molecule has 1 fully saturated rings. The molecule has 1 aromatic carbocycles. The summed E-state index contributed by atoms with van der Waals surface area (Å²) in [6.45, 7) is 3.24. The highest BCUT2D eigenvalue weighted by atomic mass is 35.5. The molecular formula is C13H17ClN4O2. The van der Waals surface area contributed by atoms with Crippen LogP contribution in [-0.4, -0.2) is 41.4 Å². The highest BCUT2D eigenvalue weighted by Crippen LogP contribution is 2.17. The lowest BCUT2D eigenvalue weighted by molar-refractivity contribution is -0.123. The number of anilines is 1. The number of rotatable bonds is 2. The van der Waals surface area contributed by atoms with E-state index in [9.17, 15) is 4.79 Å². The number of H-pyrrole nitrogens is 1. The van der Waals surface area contributed by atoms with E-state index in [1.165, 1.54) is 0 Å². The number of carbonyl (C=O) groups excluding carboxylic acids is 1. The van der Waals surface area contributed by atoms with Crippen LogP contribution in [0.4, 0.5) is 5.69 Å². The summed E-state index contributed by atoms with van der Waals surface area (Å²) >= 11 is 0. The molecule has 7 heteroatoms. The number of nitrogens with zero attached hydrogens (tertiary/aromatic N) is 1. The van der Waals surface area contributed by atoms with Crippen LogP contribution in [0.3, 0.4) is 0 Å². The lowest BCUT2D eigenvalue weighted by atomic mass is 10.1. The van der Waals surface area contributed by atoms with Gasteiger partial charge in [0.15, 0.2) is 0 Å². The first-order chi connectivity index (χ1) is 9.24. The van der Waals surface area contributed by atoms with Crippen molar-refractivity contribution in [3.05, 3.63) is 24.4 Å². The fourth-order valence-corrected chi connectivity index (χ4v) is 2.27. The molecule has 0 aliphatic carbocycles. The number of hydrogen-bond acceptors (Lipinski definition) is 4. The summed E-state index contributed by atoms with van der Waals surface area (Å²) in [7, 11) is 0. The topological polar surface area (TPSA) is 79.0 Å². The van der Waals surface area contributed by atoms with Crippen LogP contribution in [0.15, 0.2) is 24.4 Å². The number of benzene rings is 1. The van der Waals surface area contributed by atoms with Crippen LogP contribution >= 0.6 is 12.4 Å². The van der Waals surface area contributed by atoms with Gasteiger partial charge < -0.3 is 15.4 Å². The third-order valence-corrected chi connectivity index (χ3v) is 3.31. The van der Waals surface area contributed by atoms with Crippen LogP contribution in [0.25, 0.3) is 10.9 Å². The minimum atomic E-state index is -0.311. The molecule has 0 radical (unpaired) electrons. The third kappa shape index (κ3) is 2.92. The summed E-state index contributed by atoms with van der Waals surface area (Å²) in [6.07, 6.45) is 1.61. The lowest BCUT2D eigenvalue weighted by Gasteiger charge is -2.29. The molecule has 2 atom stereocenters. The van der Waals surface area contributed by atoms with Gasteiger partial charge in [0.25, 0.3) is 0 Å². The van der Waals surface area contributed by atoms with Gasteiger partial charge in [0.2, 0.25) is 5.91 Å². The zero-order chi connectivity index (χ0) is 13.2. The molecule has 0 spiro atoms. The minimum Gasteiger partial charge on any atom is -0.375 e. The highest BCUT2D eigenvalue weighted by Gasteiger charge is 2.28. The summed E-state index contributed by atoms with van der Waals surface area (Å²) in [5.74, 6) is -0.0740. The number of ether oxygens (including phenoxy) is 1. The molecular weight excluding hydrogens is 280 g/mol. The van der Waals surface area contributed by atoms with Crippen molar-refractivity contribution in [3.63, 3.8) is 0 Å². The molecule has 1 aliphatic rings. The van der Waals surface area contributed by atoms with Crippen molar-refractivity contribution in [1.82, 2.24) is 15.5 Å². The average Bonchev–Trinajstić information content (AvgIpc) is 2.86. The summed E-state index contributed by atoms with van der Waals surface area (Å²) in [5, 5.41) is 13.9. The van der Waals surface area contributed by atoms with E-state index in [0.717, 1.165) is 16.6 Å². The zero-order valence-corrected chi connectivity index (χ0v) is 11.9. The molecule has 108 valence electrons. The number of morpholine rings is 1. The van der Waals surface area contributed by atoms with E-state index in [1.807, 2.05) is 25.1 Å². The Labute approximate surface area is 122 Å². The molecule has 20 heavy (non-hydrogen) atoms. The summed E-state index contributed by atoms with van der Waals surface area (Å²) < 4.78 is 5.47. The van der Waals surface area contributed by atoms with Gasteiger partial charge in [-0.3, -0.25) is 9.89 Å². The van der Waals surface area contributed by atoms with Crippen LogP contribution in [-0.2, 0) is 9.53 Å². The first-order valence-corrected chi connectivity index (χ1v) is 6.33. The van der Waals surface area contributed by atoms with Crippen LogP contribution < -0.4 is 10.6 Å². The van der Waals surface area contributed by atoms with Gasteiger partial charge in [0.05, 0.1) is 24.4 Å². The van der Waals surface area contributed by atoms with Crippen molar-refractivity contribution in [2.45, 2.75) is 19.1 Å². The first-order valence-electron chi connectivity index (χ1n) is 6.33. The first kappa shape index (κ1) is 14.8. The molecule has 0 saturated carbocycles. The predicted molar refractivity (Wildman–Crippen MR) is 79.2 cm³/mol. The molecule has 1 saturated heterocycles. The normalized spacial score (nSPS) is 22.2. The van der Waals surface area contributed by atoms with Crippen molar-refractivity contribution < 1.29 is 9.53 Å². The fraction of sp³-hybridized carbons (Fsp3) is 0.385. The summed E-state index contributed by atoms with van der Waals surface area (Å²) in [6, 6.07) is 5.33. The van der Waals surface area contributed by atoms with E-state index in [4.69, 9.17) is 4.74 Å². The molecule has 3 N–H and O–H groups in total. The predicted octanol–water partition coefficient (Wildman–Crippen LogP) is 1.30. The molecule has 1 aliphatic heterocycles. The van der Waals surface area contributed by atoms with Crippen molar-refractivity contribution in [3.8, 4) is 0 Å². The molecule has 0 unspecified atom stereocenters. The van der Waals surface area contributed by atoms with Gasteiger partial charge in [0.1, 0.15) is 6.04 Å². The van der Waals surface area contributed by atoms with Gasteiger partial charge in [-0.25, -0.2) is 0 Å². The maximum absolute atomic E-state index is 12.2. The molecule has 1 aromatic heterocycles. The molecule has 6 nitrogen and oxygen atoms in total. The number of fused-ring (bicyclic) bond motifs is 1. The van der Waals surface area contributed by atoms with Crippen molar-refractivity contribution >= 4 is 34.9 Å². The maximum Gasteiger partial charge on any atom is 0.244 e. The number of hydrogen-bond donors (Lipinski definition) is 3. The smallest absolute Gasteiger partial charge is 0.244 e. The number of aromatic nitrogens is 2. The number of carbonyl (C=O) groups is 1. The number of halogens is 1. The highest BCUT2D eigenvalue weighted by molar-refractivity contribution is 5.97. The Bertz CT molecular complexity index is 601. The zero-order valence-electron chi connectivity index (χ0n) is 11.1. The van der Waals surface area contributed by atoms with Crippen LogP contribution in [0.1, 0.15) is 6.92 Å². The second-order valence-electron chi connectivity index (χ2n) is 4.67. The minimum absolute atomic E-state index is 0. The Kier molecular flexibility index (Phi) is 4.59. The Morgan fingerprint density at radius 1 is 1.50 bits per heavy atom. The SMILES string of the molecule is C[C@H]1OCCN[C@@H]1C(=O)Nc1ccc2[nH]ncc2c1.Cl. The number of amides is 1. The maximum atomic E-state index is 12.2. The van der Waals surface area contributed by atoms with Crippen LogP contribution in [0.2, 0.25) is 0 Å². The second kappa shape index (κ2) is 6.21. The Hall–Kier alpha value is -1.63. The monoisotopic (exact) mass is 296 g/mol. The van der Waals surface area contributed by atoms with E-state index in [-0.39, 0.29) is 30.5 Å². The van der Waals surface area contributed by atoms with Crippen molar-refractivity contribution in [2.24, 2.45) is 0 Å². The van der Waals surface area contributed by atoms with Gasteiger partial charge >= 0.3 is 0 Å². The van der Waals surface area contributed by atoms with Crippen molar-refractivity contribution in [2.75, 3.05) is 18.5 Å². The quantitative estimate of drug-likeness (QED) is 0.780. The second-order valence-corrected chi connectivity index (χ2v) is 4.67. The lowest BCUT2D eigenvalue weighted by Crippen LogP contribution is -2.53. The largest absolute Gasteiger partial charge is 0.375 e. The van der Waals surface area contributed by atoms with Gasteiger partial charge in [-0.1, -0.05) is 0 Å². The molecule has 1 amide bonds. The number of nitrogens with one attached hydrogen (secondary N) is 3. The Balaban J connectivity index is 0.00000147. The molecule has 2 aromatic rings. The van der Waals surface area contributed by atoms with Crippen molar-refractivity contribution in [1.29, 1.82) is 0 Å². The van der Waals surface area contributed by atoms with Gasteiger partial charge in [0, 0.05) is 17.6 Å². The van der Waals surface area contributed by atoms with E-state index in [2.05, 4.69) is 20.8 Å². The molecule has 3 rings (SSSR count). The van der Waals surface area contributed by atoms with Crippen LogP contribution in [0.5, 0.6) is 0 Å². The standard InChI is InChI=1S/C13H16N4O2.ClH/c1-8-12(14-4-5-19-8)13(18)16-10-2-3-11-9(6-10)7-15-17-11;/h2-3,6-8,12,14H,4-5H2,1H3,(H,15,17)(H,16,18);1H/t8-,12+;/m1./s1.